The Morgan fingerprint density at radius 3 is 2.29 bits per heavy atom. The van der Waals surface area contributed by atoms with E-state index in [0.717, 1.165) is 21.6 Å². The molecule has 1 aromatic heterocycles. The molecule has 0 saturated heterocycles. The first-order chi connectivity index (χ1) is 19.5. The van der Waals surface area contributed by atoms with E-state index in [4.69, 9.17) is 9.47 Å². The summed E-state index contributed by atoms with van der Waals surface area (Å²) in [6.45, 7) is 4.81. The van der Waals surface area contributed by atoms with E-state index in [1.807, 2.05) is 0 Å². The number of carboxylic acid groups (broad SMARTS) is 1. The molecule has 42 heavy (non-hydrogen) atoms. The number of rotatable bonds is 6. The number of carbonyl (C=O) groups excluding carboxylic acids is 1. The Labute approximate surface area is 247 Å². The van der Waals surface area contributed by atoms with Crippen molar-refractivity contribution in [1.82, 2.24) is 9.47 Å². The van der Waals surface area contributed by atoms with E-state index < -0.39 is 66.0 Å². The molecule has 0 saturated carbocycles. The Kier molecular flexibility index (Phi) is 8.94. The first-order valence-electron chi connectivity index (χ1n) is 13.1. The SMILES string of the molecule is C[C@@H]1Cc2c(n(C(=O)O)c3ccccc23)[C@@H](c2c(F)cc(C(CCBr)OC(=O)OC(C)(C)C)cc2F)N1CC(F)(F)F. The molecule has 1 unspecified atom stereocenters. The smallest absolute Gasteiger partial charge is 0.464 e. The van der Waals surface area contributed by atoms with Crippen LogP contribution in [0, 0.1) is 11.6 Å². The fourth-order valence-corrected chi connectivity index (χ4v) is 5.87. The van der Waals surface area contributed by atoms with Crippen LogP contribution in [0.5, 0.6) is 0 Å². The van der Waals surface area contributed by atoms with Crippen LogP contribution in [0.15, 0.2) is 36.4 Å². The van der Waals surface area contributed by atoms with Crippen LogP contribution < -0.4 is 0 Å². The van der Waals surface area contributed by atoms with Gasteiger partial charge in [-0.25, -0.2) is 22.9 Å². The van der Waals surface area contributed by atoms with Gasteiger partial charge in [-0.2, -0.15) is 13.2 Å². The van der Waals surface area contributed by atoms with E-state index >= 15 is 8.78 Å². The van der Waals surface area contributed by atoms with Gasteiger partial charge in [0, 0.05) is 22.3 Å². The highest BCUT2D eigenvalue weighted by Gasteiger charge is 2.45. The number of carbonyl (C=O) groups is 2. The number of fused-ring (bicyclic) bond motifs is 3. The van der Waals surface area contributed by atoms with Gasteiger partial charge in [0.25, 0.3) is 0 Å². The summed E-state index contributed by atoms with van der Waals surface area (Å²) >= 11 is 3.22. The zero-order valence-corrected chi connectivity index (χ0v) is 24.9. The van der Waals surface area contributed by atoms with Crippen molar-refractivity contribution in [2.24, 2.45) is 0 Å². The third-order valence-electron chi connectivity index (χ3n) is 6.98. The van der Waals surface area contributed by atoms with Gasteiger partial charge in [0.2, 0.25) is 0 Å². The van der Waals surface area contributed by atoms with Gasteiger partial charge in [-0.05, 0) is 69.9 Å². The zero-order valence-electron chi connectivity index (χ0n) is 23.3. The van der Waals surface area contributed by atoms with Gasteiger partial charge in [0.15, 0.2) is 0 Å². The topological polar surface area (TPSA) is 81.0 Å². The van der Waals surface area contributed by atoms with Crippen LogP contribution in [-0.4, -0.2) is 56.5 Å². The maximum Gasteiger partial charge on any atom is 0.509 e. The van der Waals surface area contributed by atoms with Gasteiger partial charge in [-0.3, -0.25) is 4.90 Å². The Morgan fingerprint density at radius 2 is 1.74 bits per heavy atom. The second-order valence-electron chi connectivity index (χ2n) is 11.2. The number of benzene rings is 2. The maximum atomic E-state index is 16.0. The normalized spacial score (nSPS) is 18.5. The van der Waals surface area contributed by atoms with Crippen LogP contribution in [0.1, 0.15) is 68.6 Å². The van der Waals surface area contributed by atoms with Gasteiger partial charge in [0.05, 0.1) is 23.8 Å². The number of hydrogen-bond donors (Lipinski definition) is 1. The first-order valence-corrected chi connectivity index (χ1v) is 14.3. The molecular formula is C29H30BrF5N2O5. The number of nitrogens with zero attached hydrogens (tertiary/aromatic N) is 2. The molecule has 0 spiro atoms. The summed E-state index contributed by atoms with van der Waals surface area (Å²) in [5.41, 5.74) is -1.27. The van der Waals surface area contributed by atoms with Gasteiger partial charge in [-0.1, -0.05) is 34.1 Å². The summed E-state index contributed by atoms with van der Waals surface area (Å²) in [5.74, 6) is -2.42. The Balaban J connectivity index is 1.91. The molecule has 228 valence electrons. The van der Waals surface area contributed by atoms with Crippen LogP contribution in [0.2, 0.25) is 0 Å². The number of para-hydroxylation sites is 1. The molecule has 7 nitrogen and oxygen atoms in total. The monoisotopic (exact) mass is 660 g/mol. The summed E-state index contributed by atoms with van der Waals surface area (Å²) in [5, 5.41) is 10.9. The molecule has 3 atom stereocenters. The predicted octanol–water partition coefficient (Wildman–Crippen LogP) is 8.12. The van der Waals surface area contributed by atoms with E-state index in [0.29, 0.717) is 10.9 Å². The van der Waals surface area contributed by atoms with Crippen molar-refractivity contribution in [1.29, 1.82) is 0 Å². The minimum absolute atomic E-state index is 0.0289. The summed E-state index contributed by atoms with van der Waals surface area (Å²) in [6.07, 6.45) is -8.32. The highest BCUT2D eigenvalue weighted by molar-refractivity contribution is 9.09. The molecule has 1 aliphatic rings. The molecule has 13 heteroatoms. The van der Waals surface area contributed by atoms with Crippen LogP contribution in [-0.2, 0) is 15.9 Å². The van der Waals surface area contributed by atoms with Crippen molar-refractivity contribution < 1.29 is 46.1 Å². The Bertz CT molecular complexity index is 1480. The van der Waals surface area contributed by atoms with E-state index in [-0.39, 0.29) is 34.9 Å². The largest absolute Gasteiger partial charge is 0.509 e. The lowest BCUT2D eigenvalue weighted by Gasteiger charge is -2.42. The van der Waals surface area contributed by atoms with Gasteiger partial charge >= 0.3 is 18.4 Å². The number of ether oxygens (including phenoxy) is 2. The molecule has 3 aromatic rings. The van der Waals surface area contributed by atoms with Gasteiger partial charge in [-0.15, -0.1) is 0 Å². The predicted molar refractivity (Wildman–Crippen MR) is 148 cm³/mol. The molecule has 0 amide bonds. The fourth-order valence-electron chi connectivity index (χ4n) is 5.45. The molecule has 0 fully saturated rings. The standard InChI is InChI=1S/C29H30BrF5N2O5/c1-15-11-18-17-7-5-6-8-21(17)37(26(38)39)24(18)25(36(15)14-29(33,34)35)23-19(31)12-16(13-20(23)32)22(9-10-30)41-27(40)42-28(2,3)4/h5-8,12-13,15,22,25H,9-11,14H2,1-4H3,(H,38,39)/t15-,22?,25-/m1/s1. The van der Waals surface area contributed by atoms with Crippen molar-refractivity contribution >= 4 is 39.1 Å². The zero-order chi connectivity index (χ0) is 31.1. The third-order valence-corrected chi connectivity index (χ3v) is 7.43. The second kappa shape index (κ2) is 11.8. The number of alkyl halides is 4. The minimum Gasteiger partial charge on any atom is -0.464 e. The van der Waals surface area contributed by atoms with Crippen LogP contribution in [0.3, 0.4) is 0 Å². The van der Waals surface area contributed by atoms with Gasteiger partial charge < -0.3 is 14.6 Å². The van der Waals surface area contributed by atoms with Gasteiger partial charge in [0.1, 0.15) is 23.3 Å². The van der Waals surface area contributed by atoms with Crippen LogP contribution in [0.4, 0.5) is 31.5 Å². The number of halogens is 6. The molecule has 1 aliphatic heterocycles. The molecular weight excluding hydrogens is 631 g/mol. The van der Waals surface area contributed by atoms with Crippen molar-refractivity contribution in [2.75, 3.05) is 11.9 Å². The Morgan fingerprint density at radius 1 is 1.12 bits per heavy atom. The first kappa shape index (κ1) is 31.7. The van der Waals surface area contributed by atoms with E-state index in [2.05, 4.69) is 15.9 Å². The molecule has 0 bridgehead atoms. The highest BCUT2D eigenvalue weighted by atomic mass is 79.9. The lowest BCUT2D eigenvalue weighted by molar-refractivity contribution is -0.155. The van der Waals surface area contributed by atoms with Crippen LogP contribution >= 0.6 is 15.9 Å². The van der Waals surface area contributed by atoms with Crippen molar-refractivity contribution in [2.45, 2.75) is 70.5 Å². The maximum absolute atomic E-state index is 16.0. The average molecular weight is 661 g/mol. The fraction of sp³-hybridized carbons (Fsp3) is 0.448. The molecule has 4 rings (SSSR count). The van der Waals surface area contributed by atoms with Crippen molar-refractivity contribution in [3.8, 4) is 0 Å². The lowest BCUT2D eigenvalue weighted by Crippen LogP contribution is -2.48. The molecule has 0 aliphatic carbocycles. The van der Waals surface area contributed by atoms with Crippen molar-refractivity contribution in [3.63, 3.8) is 0 Å². The minimum atomic E-state index is -4.75. The van der Waals surface area contributed by atoms with E-state index in [9.17, 15) is 27.9 Å². The molecule has 2 heterocycles. The van der Waals surface area contributed by atoms with E-state index in [1.54, 1.807) is 39.0 Å². The molecule has 2 aromatic carbocycles. The van der Waals surface area contributed by atoms with Crippen molar-refractivity contribution in [3.05, 3.63) is 70.4 Å². The summed E-state index contributed by atoms with van der Waals surface area (Å²) in [6, 6.07) is 5.56. The number of aromatic nitrogens is 1. The molecule has 1 N–H and O–H groups in total. The number of hydrogen-bond acceptors (Lipinski definition) is 5. The molecule has 0 radical (unpaired) electrons. The third kappa shape index (κ3) is 6.56. The Hall–Kier alpha value is -3.19. The summed E-state index contributed by atoms with van der Waals surface area (Å²) < 4.78 is 84.8. The highest BCUT2D eigenvalue weighted by Crippen LogP contribution is 2.45. The second-order valence-corrected chi connectivity index (χ2v) is 12.0. The summed E-state index contributed by atoms with van der Waals surface area (Å²) in [4.78, 5) is 25.6. The summed E-state index contributed by atoms with van der Waals surface area (Å²) in [7, 11) is 0. The van der Waals surface area contributed by atoms with E-state index in [1.165, 1.54) is 13.0 Å². The lowest BCUT2D eigenvalue weighted by atomic mass is 9.87. The van der Waals surface area contributed by atoms with Crippen LogP contribution in [0.25, 0.3) is 10.9 Å². The quantitative estimate of drug-likeness (QED) is 0.163. The average Bonchev–Trinajstić information content (AvgIpc) is 3.17.